The van der Waals surface area contributed by atoms with Gasteiger partial charge in [0.25, 0.3) is 0 Å². The molecule has 1 aromatic rings. The lowest BCUT2D eigenvalue weighted by atomic mass is 10.1. The van der Waals surface area contributed by atoms with E-state index in [-0.39, 0.29) is 11.8 Å². The molecule has 0 bridgehead atoms. The van der Waals surface area contributed by atoms with Crippen molar-refractivity contribution >= 4 is 34.8 Å². The third-order valence-electron chi connectivity index (χ3n) is 4.42. The highest BCUT2D eigenvalue weighted by Gasteiger charge is 2.47. The average molecular weight is 300 g/mol. The van der Waals surface area contributed by atoms with Crippen LogP contribution in [-0.4, -0.2) is 48.3 Å². The molecule has 2 saturated heterocycles. The summed E-state index contributed by atoms with van der Waals surface area (Å²) in [6.45, 7) is 0. The van der Waals surface area contributed by atoms with E-state index in [1.54, 1.807) is 11.8 Å². The van der Waals surface area contributed by atoms with Crippen LogP contribution in [0.5, 0.6) is 0 Å². The summed E-state index contributed by atoms with van der Waals surface area (Å²) in [5, 5.41) is 8.40. The lowest BCUT2D eigenvalue weighted by Gasteiger charge is -2.21. The number of hydrogen-bond acceptors (Lipinski definition) is 5. The number of benzene rings is 1. The Kier molecular flexibility index (Phi) is 2.60. The first kappa shape index (κ1) is 12.8. The Balaban J connectivity index is 1.87. The van der Waals surface area contributed by atoms with Crippen LogP contribution in [-0.2, 0) is 4.79 Å². The fourth-order valence-electron chi connectivity index (χ4n) is 3.34. The van der Waals surface area contributed by atoms with Crippen molar-refractivity contribution < 1.29 is 4.79 Å². The highest BCUT2D eigenvalue weighted by Crippen LogP contribution is 2.43. The van der Waals surface area contributed by atoms with E-state index in [0.29, 0.717) is 11.4 Å². The second-order valence-electron chi connectivity index (χ2n) is 5.50. The maximum Gasteiger partial charge on any atom is 0.193 e. The third kappa shape index (κ3) is 1.53. The number of carbonyl (C=O) groups is 1. The standard InChI is InChI=1S/C15H16N4OS/c1-17-9-5-3-4-6-10(9)18(2)15(17)12-13(20)11-7-21-8-19(11)14(12)16/h3-6,11,16H,7-8H2,1-2H3/t11-/m1/s1. The van der Waals surface area contributed by atoms with Crippen LogP contribution in [0.3, 0.4) is 0 Å². The van der Waals surface area contributed by atoms with Gasteiger partial charge in [-0.1, -0.05) is 12.1 Å². The molecule has 1 N–H and O–H groups in total. The lowest BCUT2D eigenvalue weighted by Crippen LogP contribution is -2.30. The number of carbonyl (C=O) groups excluding carboxylic acids is 1. The molecule has 3 heterocycles. The second kappa shape index (κ2) is 4.27. The van der Waals surface area contributed by atoms with E-state index in [9.17, 15) is 4.79 Å². The molecule has 0 saturated carbocycles. The molecule has 1 aromatic carbocycles. The molecule has 0 spiro atoms. The minimum Gasteiger partial charge on any atom is -0.336 e. The number of thioether (sulfide) groups is 1. The summed E-state index contributed by atoms with van der Waals surface area (Å²) in [5.41, 5.74) is 2.70. The predicted octanol–water partition coefficient (Wildman–Crippen LogP) is 1.72. The first-order chi connectivity index (χ1) is 10.1. The molecular weight excluding hydrogens is 284 g/mol. The monoisotopic (exact) mass is 300 g/mol. The maximum absolute atomic E-state index is 12.7. The molecule has 1 atom stereocenters. The van der Waals surface area contributed by atoms with Crippen molar-refractivity contribution in [3.63, 3.8) is 0 Å². The van der Waals surface area contributed by atoms with Gasteiger partial charge in [-0.15, -0.1) is 11.8 Å². The normalized spacial score (nSPS) is 24.3. The number of para-hydroxylation sites is 2. The average Bonchev–Trinajstić information content (AvgIpc) is 3.12. The van der Waals surface area contributed by atoms with Gasteiger partial charge in [-0.3, -0.25) is 10.2 Å². The van der Waals surface area contributed by atoms with Gasteiger partial charge < -0.3 is 14.7 Å². The Hall–Kier alpha value is -1.95. The summed E-state index contributed by atoms with van der Waals surface area (Å²) < 4.78 is 0. The van der Waals surface area contributed by atoms with E-state index >= 15 is 0 Å². The maximum atomic E-state index is 12.7. The van der Waals surface area contributed by atoms with E-state index < -0.39 is 0 Å². The Labute approximate surface area is 127 Å². The number of anilines is 2. The van der Waals surface area contributed by atoms with Crippen LogP contribution >= 0.6 is 11.8 Å². The van der Waals surface area contributed by atoms with Gasteiger partial charge in [0, 0.05) is 19.8 Å². The Morgan fingerprint density at radius 3 is 2.38 bits per heavy atom. The zero-order valence-electron chi connectivity index (χ0n) is 12.0. The van der Waals surface area contributed by atoms with Crippen molar-refractivity contribution in [1.29, 1.82) is 5.41 Å². The molecular formula is C15H16N4OS. The fraction of sp³-hybridized carbons (Fsp3) is 0.333. The van der Waals surface area contributed by atoms with E-state index in [1.807, 2.05) is 53.1 Å². The first-order valence-electron chi connectivity index (χ1n) is 6.89. The largest absolute Gasteiger partial charge is 0.336 e. The molecule has 21 heavy (non-hydrogen) atoms. The van der Waals surface area contributed by atoms with Crippen LogP contribution in [0.4, 0.5) is 11.4 Å². The van der Waals surface area contributed by atoms with Crippen molar-refractivity contribution in [1.82, 2.24) is 4.90 Å². The lowest BCUT2D eigenvalue weighted by molar-refractivity contribution is -0.116. The summed E-state index contributed by atoms with van der Waals surface area (Å²) in [4.78, 5) is 18.7. The second-order valence-corrected chi connectivity index (χ2v) is 6.50. The summed E-state index contributed by atoms with van der Waals surface area (Å²) in [7, 11) is 3.92. The molecule has 0 aliphatic carbocycles. The quantitative estimate of drug-likeness (QED) is 0.739. The van der Waals surface area contributed by atoms with Gasteiger partial charge in [0.05, 0.1) is 17.3 Å². The molecule has 3 aliphatic heterocycles. The van der Waals surface area contributed by atoms with Crippen LogP contribution in [0.15, 0.2) is 35.7 Å². The van der Waals surface area contributed by atoms with Gasteiger partial charge in [0.15, 0.2) is 5.78 Å². The number of ketones is 1. The number of amidine groups is 1. The van der Waals surface area contributed by atoms with Crippen LogP contribution in [0.25, 0.3) is 0 Å². The van der Waals surface area contributed by atoms with Crippen LogP contribution in [0, 0.1) is 5.41 Å². The first-order valence-corrected chi connectivity index (χ1v) is 8.05. The minimum atomic E-state index is -0.143. The molecule has 0 radical (unpaired) electrons. The van der Waals surface area contributed by atoms with Gasteiger partial charge in [-0.25, -0.2) is 0 Å². The van der Waals surface area contributed by atoms with Crippen molar-refractivity contribution in [2.45, 2.75) is 6.04 Å². The number of nitrogens with zero attached hydrogens (tertiary/aromatic N) is 3. The van der Waals surface area contributed by atoms with E-state index in [4.69, 9.17) is 5.41 Å². The molecule has 4 rings (SSSR count). The van der Waals surface area contributed by atoms with Crippen LogP contribution in [0.2, 0.25) is 0 Å². The van der Waals surface area contributed by atoms with Gasteiger partial charge in [-0.2, -0.15) is 0 Å². The molecule has 0 unspecified atom stereocenters. The van der Waals surface area contributed by atoms with Crippen LogP contribution < -0.4 is 9.80 Å². The number of fused-ring (bicyclic) bond motifs is 2. The van der Waals surface area contributed by atoms with E-state index in [1.165, 1.54) is 0 Å². The zero-order chi connectivity index (χ0) is 14.7. The van der Waals surface area contributed by atoms with Gasteiger partial charge >= 0.3 is 0 Å². The van der Waals surface area contributed by atoms with Crippen molar-refractivity contribution in [2.24, 2.45) is 0 Å². The number of Topliss-reactive ketones (excluding diaryl/α,β-unsaturated/α-hetero) is 1. The third-order valence-corrected chi connectivity index (χ3v) is 5.43. The number of nitrogens with one attached hydrogen (secondary N) is 1. The minimum absolute atomic E-state index is 0.0894. The van der Waals surface area contributed by atoms with Gasteiger partial charge in [0.1, 0.15) is 23.3 Å². The van der Waals surface area contributed by atoms with Crippen molar-refractivity contribution in [2.75, 3.05) is 35.5 Å². The molecule has 5 nitrogen and oxygen atoms in total. The SMILES string of the molecule is CN1C(=C2C(=N)N3CSC[C@@H]3C2=O)N(C)c2ccccc21. The summed E-state index contributed by atoms with van der Waals surface area (Å²) >= 11 is 1.72. The van der Waals surface area contributed by atoms with E-state index in [0.717, 1.165) is 28.8 Å². The smallest absolute Gasteiger partial charge is 0.193 e. The Morgan fingerprint density at radius 1 is 1.19 bits per heavy atom. The summed E-state index contributed by atoms with van der Waals surface area (Å²) in [5.74, 6) is 2.82. The zero-order valence-corrected chi connectivity index (χ0v) is 12.8. The molecule has 108 valence electrons. The molecule has 2 fully saturated rings. The van der Waals surface area contributed by atoms with Crippen LogP contribution in [0.1, 0.15) is 0 Å². The Morgan fingerprint density at radius 2 is 1.81 bits per heavy atom. The van der Waals surface area contributed by atoms with Crippen molar-refractivity contribution in [3.8, 4) is 0 Å². The van der Waals surface area contributed by atoms with Gasteiger partial charge in [0.2, 0.25) is 0 Å². The Bertz CT molecular complexity index is 644. The fourth-order valence-corrected chi connectivity index (χ4v) is 4.51. The van der Waals surface area contributed by atoms with E-state index in [2.05, 4.69) is 0 Å². The highest BCUT2D eigenvalue weighted by atomic mass is 32.2. The van der Waals surface area contributed by atoms with Crippen molar-refractivity contribution in [3.05, 3.63) is 35.7 Å². The molecule has 0 amide bonds. The number of hydrogen-bond donors (Lipinski definition) is 1. The number of rotatable bonds is 0. The highest BCUT2D eigenvalue weighted by molar-refractivity contribution is 7.99. The topological polar surface area (TPSA) is 50.6 Å². The van der Waals surface area contributed by atoms with Gasteiger partial charge in [-0.05, 0) is 12.1 Å². The predicted molar refractivity (Wildman–Crippen MR) is 86.0 cm³/mol. The summed E-state index contributed by atoms with van der Waals surface area (Å²) in [6.07, 6.45) is 0. The molecule has 3 aliphatic rings. The molecule has 6 heteroatoms. The summed E-state index contributed by atoms with van der Waals surface area (Å²) in [6, 6.07) is 7.93. The molecule has 0 aromatic heterocycles.